The fraction of sp³-hybridized carbons (Fsp3) is 0.385. The van der Waals surface area contributed by atoms with Crippen LogP contribution in [0.4, 0.5) is 0 Å². The molecule has 2 aromatic heterocycles. The average molecular weight is 544 g/mol. The molecule has 3 rings (SSSR count). The number of rotatable bonds is 13. The van der Waals surface area contributed by atoms with Crippen LogP contribution in [-0.2, 0) is 32.5 Å². The number of fused-ring (bicyclic) bond motifs is 1. The summed E-state index contributed by atoms with van der Waals surface area (Å²) in [5, 5.41) is 7.24. The summed E-state index contributed by atoms with van der Waals surface area (Å²) in [6.45, 7) is 9.22. The van der Waals surface area contributed by atoms with Gasteiger partial charge in [-0.15, -0.1) is 11.3 Å². The van der Waals surface area contributed by atoms with Gasteiger partial charge in [-0.25, -0.2) is 18.1 Å². The summed E-state index contributed by atoms with van der Waals surface area (Å²) >= 11 is 1.49. The summed E-state index contributed by atoms with van der Waals surface area (Å²) in [6.07, 6.45) is 4.07. The van der Waals surface area contributed by atoms with E-state index >= 15 is 0 Å². The predicted octanol–water partition coefficient (Wildman–Crippen LogP) is 3.04. The van der Waals surface area contributed by atoms with E-state index in [9.17, 15) is 18.0 Å². The van der Waals surface area contributed by atoms with Crippen molar-refractivity contribution >= 4 is 43.4 Å². The molecule has 0 spiro atoms. The van der Waals surface area contributed by atoms with Gasteiger partial charge >= 0.3 is 0 Å². The maximum atomic E-state index is 13.4. The maximum absolute atomic E-state index is 13.4. The first-order valence-corrected chi connectivity index (χ1v) is 14.5. The van der Waals surface area contributed by atoms with Gasteiger partial charge in [-0.3, -0.25) is 14.6 Å². The number of hydrogen-bond acceptors (Lipinski definition) is 7. The molecule has 37 heavy (non-hydrogen) atoms. The Labute approximate surface area is 221 Å². The molecule has 11 heteroatoms. The number of carbonyl (C=O) groups is 2. The Morgan fingerprint density at radius 2 is 1.95 bits per heavy atom. The zero-order valence-electron chi connectivity index (χ0n) is 21.2. The molecule has 2 unspecified atom stereocenters. The third-order valence-corrected chi connectivity index (χ3v) is 7.82. The van der Waals surface area contributed by atoms with Crippen molar-refractivity contribution in [2.24, 2.45) is 0 Å². The van der Waals surface area contributed by atoms with Crippen molar-refractivity contribution in [3.63, 3.8) is 0 Å². The van der Waals surface area contributed by atoms with Gasteiger partial charge in [-0.05, 0) is 41.7 Å². The van der Waals surface area contributed by atoms with Crippen LogP contribution in [0.3, 0.4) is 0 Å². The molecular formula is C26H33N5O4S2. The van der Waals surface area contributed by atoms with Crippen LogP contribution in [0.25, 0.3) is 10.2 Å². The van der Waals surface area contributed by atoms with Crippen LogP contribution in [0, 0.1) is 0 Å². The summed E-state index contributed by atoms with van der Waals surface area (Å²) in [5.74, 6) is -0.303. The van der Waals surface area contributed by atoms with Crippen LogP contribution in [0.15, 0.2) is 54.7 Å². The monoisotopic (exact) mass is 543 g/mol. The maximum Gasteiger partial charge on any atom is 0.243 e. The van der Waals surface area contributed by atoms with Crippen LogP contribution >= 0.6 is 11.3 Å². The second kappa shape index (κ2) is 12.9. The summed E-state index contributed by atoms with van der Waals surface area (Å²) in [4.78, 5) is 34.4. The van der Waals surface area contributed by atoms with Crippen molar-refractivity contribution in [3.8, 4) is 0 Å². The molecular weight excluding hydrogens is 510 g/mol. The Morgan fingerprint density at radius 1 is 1.16 bits per heavy atom. The van der Waals surface area contributed by atoms with Crippen LogP contribution in [0.1, 0.15) is 49.2 Å². The molecule has 0 aliphatic carbocycles. The lowest BCUT2D eigenvalue weighted by Gasteiger charge is -2.23. The van der Waals surface area contributed by atoms with E-state index in [0.29, 0.717) is 12.3 Å². The number of pyridine rings is 1. The van der Waals surface area contributed by atoms with E-state index in [1.165, 1.54) is 16.9 Å². The molecule has 1 aromatic carbocycles. The fourth-order valence-electron chi connectivity index (χ4n) is 3.67. The first-order valence-electron chi connectivity index (χ1n) is 12.1. The summed E-state index contributed by atoms with van der Waals surface area (Å²) in [7, 11) is -3.69. The molecule has 9 nitrogen and oxygen atoms in total. The molecule has 0 radical (unpaired) electrons. The van der Waals surface area contributed by atoms with E-state index in [0.717, 1.165) is 26.2 Å². The lowest BCUT2D eigenvalue weighted by molar-refractivity contribution is -0.129. The third-order valence-electron chi connectivity index (χ3n) is 5.78. The summed E-state index contributed by atoms with van der Waals surface area (Å²) in [5.41, 5.74) is 2.88. The van der Waals surface area contributed by atoms with Gasteiger partial charge in [0.1, 0.15) is 6.04 Å². The van der Waals surface area contributed by atoms with Gasteiger partial charge in [0.05, 0.1) is 15.2 Å². The van der Waals surface area contributed by atoms with Gasteiger partial charge in [-0.1, -0.05) is 39.5 Å². The van der Waals surface area contributed by atoms with Crippen molar-refractivity contribution < 1.29 is 18.0 Å². The zero-order chi connectivity index (χ0) is 27.0. The SMILES string of the molecule is C=CS(=O)(=O)NCC(Cc1cccnc1)NC(=O)C(Cc1nc2ccc(C(C)C)cc2s1)NC(=O)CC. The Hall–Kier alpha value is -3.15. The summed E-state index contributed by atoms with van der Waals surface area (Å²) in [6, 6.07) is 8.28. The smallest absolute Gasteiger partial charge is 0.243 e. The Morgan fingerprint density at radius 3 is 2.59 bits per heavy atom. The lowest BCUT2D eigenvalue weighted by atomic mass is 10.0. The first kappa shape index (κ1) is 28.4. The quantitative estimate of drug-likeness (QED) is 0.304. The lowest BCUT2D eigenvalue weighted by Crippen LogP contribution is -2.53. The van der Waals surface area contributed by atoms with Gasteiger partial charge in [-0.2, -0.15) is 0 Å². The Balaban J connectivity index is 1.81. The van der Waals surface area contributed by atoms with E-state index in [4.69, 9.17) is 0 Å². The van der Waals surface area contributed by atoms with Crippen LogP contribution in [-0.4, -0.2) is 48.8 Å². The second-order valence-corrected chi connectivity index (χ2v) is 11.8. The van der Waals surface area contributed by atoms with Crippen LogP contribution in [0.5, 0.6) is 0 Å². The van der Waals surface area contributed by atoms with E-state index < -0.39 is 28.0 Å². The number of nitrogens with zero attached hydrogens (tertiary/aromatic N) is 2. The largest absolute Gasteiger partial charge is 0.350 e. The van der Waals surface area contributed by atoms with E-state index in [2.05, 4.69) is 51.8 Å². The number of carbonyl (C=O) groups excluding carboxylic acids is 2. The Kier molecular flexibility index (Phi) is 9.90. The molecule has 0 fully saturated rings. The van der Waals surface area contributed by atoms with Crippen LogP contribution < -0.4 is 15.4 Å². The van der Waals surface area contributed by atoms with Gasteiger partial charge < -0.3 is 10.6 Å². The van der Waals surface area contributed by atoms with Crippen molar-refractivity contribution in [1.29, 1.82) is 0 Å². The number of hydrogen-bond donors (Lipinski definition) is 3. The topological polar surface area (TPSA) is 130 Å². The average Bonchev–Trinajstić information content (AvgIpc) is 3.29. The molecule has 0 aliphatic heterocycles. The molecule has 3 aromatic rings. The highest BCUT2D eigenvalue weighted by Gasteiger charge is 2.25. The Bertz CT molecular complexity index is 1340. The predicted molar refractivity (Wildman–Crippen MR) is 147 cm³/mol. The number of amides is 2. The molecule has 2 heterocycles. The fourth-order valence-corrected chi connectivity index (χ4v) is 5.28. The van der Waals surface area contributed by atoms with E-state index in [1.54, 1.807) is 25.4 Å². The normalized spacial score (nSPS) is 13.3. The van der Waals surface area contributed by atoms with Crippen molar-refractivity contribution in [1.82, 2.24) is 25.3 Å². The number of nitrogens with one attached hydrogen (secondary N) is 3. The zero-order valence-corrected chi connectivity index (χ0v) is 22.9. The van der Waals surface area contributed by atoms with Gasteiger partial charge in [0.25, 0.3) is 0 Å². The highest BCUT2D eigenvalue weighted by Crippen LogP contribution is 2.27. The van der Waals surface area contributed by atoms with Gasteiger partial charge in [0, 0.05) is 43.2 Å². The molecule has 3 N–H and O–H groups in total. The van der Waals surface area contributed by atoms with Gasteiger partial charge in [0.2, 0.25) is 21.8 Å². The van der Waals surface area contributed by atoms with Crippen molar-refractivity contribution in [3.05, 3.63) is 70.8 Å². The number of aromatic nitrogens is 2. The molecule has 2 amide bonds. The minimum atomic E-state index is -3.69. The third kappa shape index (κ3) is 8.44. The minimum absolute atomic E-state index is 0.0530. The standard InChI is InChI=1S/C26H33N5O4S2/c1-5-24(32)30-22(14-25-31-21-10-9-19(17(3)4)13-23(21)36-25)26(33)29-20(16-28-37(34,35)6-2)12-18-8-7-11-27-15-18/h6-11,13,15,17,20,22,28H,2,5,12,14,16H2,1,3-4H3,(H,29,33)(H,30,32). The molecule has 2 atom stereocenters. The van der Waals surface area contributed by atoms with E-state index in [-0.39, 0.29) is 25.3 Å². The molecule has 0 saturated heterocycles. The van der Waals surface area contributed by atoms with Gasteiger partial charge in [0.15, 0.2) is 0 Å². The van der Waals surface area contributed by atoms with Crippen LogP contribution in [0.2, 0.25) is 0 Å². The second-order valence-electron chi connectivity index (χ2n) is 9.00. The highest BCUT2D eigenvalue weighted by molar-refractivity contribution is 7.92. The molecule has 0 aliphatic rings. The summed E-state index contributed by atoms with van der Waals surface area (Å²) < 4.78 is 27.3. The number of thiazole rings is 1. The highest BCUT2D eigenvalue weighted by atomic mass is 32.2. The first-order chi connectivity index (χ1) is 17.6. The van der Waals surface area contributed by atoms with Crippen molar-refractivity contribution in [2.75, 3.05) is 6.54 Å². The van der Waals surface area contributed by atoms with E-state index in [1.807, 2.05) is 18.2 Å². The number of benzene rings is 1. The minimum Gasteiger partial charge on any atom is -0.350 e. The number of sulfonamides is 1. The molecule has 198 valence electrons. The molecule has 0 bridgehead atoms. The molecule has 0 saturated carbocycles. The van der Waals surface area contributed by atoms with Crippen molar-refractivity contribution in [2.45, 2.75) is 58.0 Å².